The van der Waals surface area contributed by atoms with Crippen LogP contribution in [0.5, 0.6) is 0 Å². The van der Waals surface area contributed by atoms with E-state index in [0.717, 1.165) is 62.2 Å². The zero-order valence-corrected chi connectivity index (χ0v) is 14.2. The highest BCUT2D eigenvalue weighted by atomic mass is 35.5. The fourth-order valence-electron chi connectivity index (χ4n) is 2.83. The second-order valence-electron chi connectivity index (χ2n) is 5.70. The lowest BCUT2D eigenvalue weighted by Gasteiger charge is -2.40. The van der Waals surface area contributed by atoms with Gasteiger partial charge in [0.2, 0.25) is 0 Å². The molecule has 118 valence electrons. The lowest BCUT2D eigenvalue weighted by Crippen LogP contribution is -2.52. The van der Waals surface area contributed by atoms with Gasteiger partial charge in [0.25, 0.3) is 0 Å². The average molecular weight is 311 g/mol. The summed E-state index contributed by atoms with van der Waals surface area (Å²) in [6.07, 6.45) is 1.12. The van der Waals surface area contributed by atoms with Gasteiger partial charge in [0, 0.05) is 32.2 Å². The van der Waals surface area contributed by atoms with Crippen LogP contribution in [-0.2, 0) is 6.54 Å². The number of piperazine rings is 1. The summed E-state index contributed by atoms with van der Waals surface area (Å²) in [6.45, 7) is 12.7. The molecule has 0 amide bonds. The number of aromatic nitrogens is 1. The van der Waals surface area contributed by atoms with E-state index in [-0.39, 0.29) is 0 Å². The highest BCUT2D eigenvalue weighted by Crippen LogP contribution is 2.21. The minimum absolute atomic E-state index is 0.572. The molecule has 0 bridgehead atoms. The first-order chi connectivity index (χ1) is 10.2. The van der Waals surface area contributed by atoms with Crippen LogP contribution in [0.3, 0.4) is 0 Å². The Morgan fingerprint density at radius 1 is 1.33 bits per heavy atom. The molecule has 1 unspecified atom stereocenters. The Kier molecular flexibility index (Phi) is 6.27. The van der Waals surface area contributed by atoms with E-state index in [0.29, 0.717) is 6.04 Å². The maximum atomic E-state index is 6.26. The third kappa shape index (κ3) is 4.31. The van der Waals surface area contributed by atoms with Gasteiger partial charge in [0.1, 0.15) is 5.82 Å². The maximum Gasteiger partial charge on any atom is 0.129 e. The number of hydrogen-bond donors (Lipinski definition) is 1. The molecule has 1 aliphatic heterocycles. The number of halogens is 1. The van der Waals surface area contributed by atoms with Gasteiger partial charge in [0.15, 0.2) is 0 Å². The number of nitrogens with one attached hydrogen (secondary N) is 1. The van der Waals surface area contributed by atoms with Gasteiger partial charge in [-0.25, -0.2) is 4.98 Å². The summed E-state index contributed by atoms with van der Waals surface area (Å²) in [5.74, 6) is 1.05. The number of anilines is 1. The molecule has 1 atom stereocenters. The van der Waals surface area contributed by atoms with Crippen molar-refractivity contribution in [2.75, 3.05) is 37.6 Å². The lowest BCUT2D eigenvalue weighted by atomic mass is 10.2. The Hall–Kier alpha value is -0.840. The normalized spacial score (nSPS) is 20.0. The number of pyridine rings is 1. The minimum Gasteiger partial charge on any atom is -0.354 e. The molecule has 5 heteroatoms. The average Bonchev–Trinajstić information content (AvgIpc) is 2.49. The summed E-state index contributed by atoms with van der Waals surface area (Å²) in [6, 6.07) is 4.59. The quantitative estimate of drug-likeness (QED) is 0.819. The molecule has 2 rings (SSSR count). The SMILES string of the molecule is CCCNCc1nc(N2CCN(CC)C(C)C2)ccc1Cl. The van der Waals surface area contributed by atoms with Crippen molar-refractivity contribution in [1.29, 1.82) is 0 Å². The van der Waals surface area contributed by atoms with Gasteiger partial charge < -0.3 is 10.2 Å². The van der Waals surface area contributed by atoms with Crippen molar-refractivity contribution in [3.8, 4) is 0 Å². The van der Waals surface area contributed by atoms with Crippen molar-refractivity contribution >= 4 is 17.4 Å². The molecule has 21 heavy (non-hydrogen) atoms. The van der Waals surface area contributed by atoms with Crippen LogP contribution in [0.15, 0.2) is 12.1 Å². The monoisotopic (exact) mass is 310 g/mol. The molecular formula is C16H27ClN4. The van der Waals surface area contributed by atoms with Crippen LogP contribution in [0.2, 0.25) is 5.02 Å². The van der Waals surface area contributed by atoms with Gasteiger partial charge in [-0.05, 0) is 38.6 Å². The first kappa shape index (κ1) is 16.5. The van der Waals surface area contributed by atoms with Crippen LogP contribution in [0, 0.1) is 0 Å². The molecule has 1 aromatic rings. The molecule has 0 aliphatic carbocycles. The predicted octanol–water partition coefficient (Wildman–Crippen LogP) is 2.77. The first-order valence-corrected chi connectivity index (χ1v) is 8.38. The van der Waals surface area contributed by atoms with Gasteiger partial charge in [0.05, 0.1) is 10.7 Å². The molecule has 1 aromatic heterocycles. The smallest absolute Gasteiger partial charge is 0.129 e. The lowest BCUT2D eigenvalue weighted by molar-refractivity contribution is 0.199. The van der Waals surface area contributed by atoms with Gasteiger partial charge in [-0.2, -0.15) is 0 Å². The zero-order chi connectivity index (χ0) is 15.2. The molecular weight excluding hydrogens is 284 g/mol. The Labute approximate surface area is 133 Å². The topological polar surface area (TPSA) is 31.4 Å². The number of hydrogen-bond acceptors (Lipinski definition) is 4. The summed E-state index contributed by atoms with van der Waals surface area (Å²) < 4.78 is 0. The van der Waals surface area contributed by atoms with Gasteiger partial charge in [-0.3, -0.25) is 4.90 Å². The molecule has 1 aliphatic rings. The van der Waals surface area contributed by atoms with Crippen molar-refractivity contribution in [2.45, 2.75) is 39.8 Å². The van der Waals surface area contributed by atoms with Crippen molar-refractivity contribution in [2.24, 2.45) is 0 Å². The molecule has 0 spiro atoms. The molecule has 1 N–H and O–H groups in total. The summed E-state index contributed by atoms with van der Waals surface area (Å²) in [5, 5.41) is 4.13. The largest absolute Gasteiger partial charge is 0.354 e. The van der Waals surface area contributed by atoms with E-state index in [1.807, 2.05) is 12.1 Å². The van der Waals surface area contributed by atoms with E-state index in [1.165, 1.54) is 0 Å². The Morgan fingerprint density at radius 3 is 2.81 bits per heavy atom. The highest BCUT2D eigenvalue weighted by Gasteiger charge is 2.23. The van der Waals surface area contributed by atoms with E-state index in [9.17, 15) is 0 Å². The van der Waals surface area contributed by atoms with Crippen LogP contribution >= 0.6 is 11.6 Å². The van der Waals surface area contributed by atoms with Crippen LogP contribution in [0.25, 0.3) is 0 Å². The summed E-state index contributed by atoms with van der Waals surface area (Å²) in [7, 11) is 0. The van der Waals surface area contributed by atoms with Crippen LogP contribution < -0.4 is 10.2 Å². The van der Waals surface area contributed by atoms with Gasteiger partial charge in [-0.1, -0.05) is 25.4 Å². The summed E-state index contributed by atoms with van der Waals surface area (Å²) >= 11 is 6.26. The van der Waals surface area contributed by atoms with E-state index in [2.05, 4.69) is 35.9 Å². The van der Waals surface area contributed by atoms with Gasteiger partial charge in [-0.15, -0.1) is 0 Å². The third-order valence-electron chi connectivity index (χ3n) is 4.12. The number of nitrogens with zero attached hydrogens (tertiary/aromatic N) is 3. The fraction of sp³-hybridized carbons (Fsp3) is 0.688. The van der Waals surface area contributed by atoms with Crippen molar-refractivity contribution < 1.29 is 0 Å². The minimum atomic E-state index is 0.572. The standard InChI is InChI=1S/C16H27ClN4/c1-4-8-18-11-15-14(17)6-7-16(19-15)21-10-9-20(5-2)13(3)12-21/h6-7,13,18H,4-5,8-12H2,1-3H3. The van der Waals surface area contributed by atoms with Crippen LogP contribution in [0.4, 0.5) is 5.82 Å². The van der Waals surface area contributed by atoms with Crippen molar-refractivity contribution in [3.63, 3.8) is 0 Å². The third-order valence-corrected chi connectivity index (χ3v) is 4.46. The summed E-state index contributed by atoms with van der Waals surface area (Å²) in [4.78, 5) is 9.65. The number of likely N-dealkylation sites (N-methyl/N-ethyl adjacent to an activating group) is 1. The second-order valence-corrected chi connectivity index (χ2v) is 6.11. The molecule has 0 aromatic carbocycles. The van der Waals surface area contributed by atoms with E-state index in [4.69, 9.17) is 16.6 Å². The maximum absolute atomic E-state index is 6.26. The number of rotatable bonds is 6. The van der Waals surface area contributed by atoms with Crippen LogP contribution in [-0.4, -0.2) is 48.6 Å². The summed E-state index contributed by atoms with van der Waals surface area (Å²) in [5.41, 5.74) is 0.952. The van der Waals surface area contributed by atoms with Crippen molar-refractivity contribution in [3.05, 3.63) is 22.8 Å². The predicted molar refractivity (Wildman–Crippen MR) is 90.2 cm³/mol. The Morgan fingerprint density at radius 2 is 2.14 bits per heavy atom. The Bertz CT molecular complexity index is 452. The molecule has 0 radical (unpaired) electrons. The zero-order valence-electron chi connectivity index (χ0n) is 13.4. The molecule has 1 fully saturated rings. The molecule has 2 heterocycles. The second kappa shape index (κ2) is 7.97. The van der Waals surface area contributed by atoms with E-state index in [1.54, 1.807) is 0 Å². The highest BCUT2D eigenvalue weighted by molar-refractivity contribution is 6.31. The fourth-order valence-corrected chi connectivity index (χ4v) is 3.00. The van der Waals surface area contributed by atoms with Crippen molar-refractivity contribution in [1.82, 2.24) is 15.2 Å². The van der Waals surface area contributed by atoms with Crippen LogP contribution in [0.1, 0.15) is 32.9 Å². The van der Waals surface area contributed by atoms with E-state index >= 15 is 0 Å². The molecule has 0 saturated carbocycles. The molecule has 4 nitrogen and oxygen atoms in total. The van der Waals surface area contributed by atoms with Gasteiger partial charge >= 0.3 is 0 Å². The Balaban J connectivity index is 2.04. The first-order valence-electron chi connectivity index (χ1n) is 8.00. The van der Waals surface area contributed by atoms with E-state index < -0.39 is 0 Å². The molecule has 1 saturated heterocycles.